The fourth-order valence-corrected chi connectivity index (χ4v) is 3.80. The first-order chi connectivity index (χ1) is 19.0. The Morgan fingerprint density at radius 1 is 1.02 bits per heavy atom. The molecule has 40 heavy (non-hydrogen) atoms. The first-order valence-corrected chi connectivity index (χ1v) is 12.0. The van der Waals surface area contributed by atoms with E-state index in [1.165, 1.54) is 43.4 Å². The van der Waals surface area contributed by atoms with Crippen molar-refractivity contribution < 1.29 is 41.3 Å². The summed E-state index contributed by atoms with van der Waals surface area (Å²) in [6.45, 7) is 2.47. The number of pyridine rings is 1. The second-order valence-corrected chi connectivity index (χ2v) is 9.09. The van der Waals surface area contributed by atoms with Crippen molar-refractivity contribution in [3.8, 4) is 28.7 Å². The molecule has 4 aromatic rings. The van der Waals surface area contributed by atoms with Gasteiger partial charge in [-0.1, -0.05) is 13.8 Å². The molecule has 0 aliphatic heterocycles. The molecule has 13 heteroatoms. The van der Waals surface area contributed by atoms with Crippen molar-refractivity contribution in [2.24, 2.45) is 5.92 Å². The fourth-order valence-electron chi connectivity index (χ4n) is 3.80. The molecule has 4 rings (SSSR count). The number of halogens is 4. The molecule has 1 N–H and O–H groups in total. The maximum absolute atomic E-state index is 15.0. The lowest BCUT2D eigenvalue weighted by Gasteiger charge is -2.13. The van der Waals surface area contributed by atoms with Crippen LogP contribution >= 0.6 is 0 Å². The Morgan fingerprint density at radius 3 is 2.40 bits per heavy atom. The highest BCUT2D eigenvalue weighted by Crippen LogP contribution is 2.37. The van der Waals surface area contributed by atoms with Crippen LogP contribution in [-0.2, 0) is 6.54 Å². The molecule has 2 aromatic carbocycles. The summed E-state index contributed by atoms with van der Waals surface area (Å²) in [6.07, 6.45) is -1.89. The standard InChI is InChI=1S/C27H26F4N4O5/c1-15(2)12-35-13-24(39-14-27(29,30)31)25(34-35)26(36)33-19-6-5-16(9-18(19)28)40-21-7-8-32-20-11-23(38-4)22(37-3)10-17(20)21/h5-11,13,15H,12,14H2,1-4H3,(H,33,36). The van der Waals surface area contributed by atoms with Crippen LogP contribution in [0.1, 0.15) is 24.3 Å². The molecule has 1 amide bonds. The number of hydrogen-bond donors (Lipinski definition) is 1. The third-order valence-corrected chi connectivity index (χ3v) is 5.51. The zero-order valence-corrected chi connectivity index (χ0v) is 22.0. The van der Waals surface area contributed by atoms with Crippen LogP contribution in [-0.4, -0.2) is 47.7 Å². The minimum Gasteiger partial charge on any atom is -0.493 e. The zero-order valence-electron chi connectivity index (χ0n) is 22.0. The van der Waals surface area contributed by atoms with Crippen molar-refractivity contribution in [2.45, 2.75) is 26.6 Å². The molecule has 0 saturated carbocycles. The van der Waals surface area contributed by atoms with Gasteiger partial charge in [0.1, 0.15) is 17.3 Å². The minimum absolute atomic E-state index is 0.0944. The molecule has 0 fully saturated rings. The van der Waals surface area contributed by atoms with Crippen molar-refractivity contribution >= 4 is 22.5 Å². The molecule has 9 nitrogen and oxygen atoms in total. The molecule has 0 radical (unpaired) electrons. The topological polar surface area (TPSA) is 96.7 Å². The van der Waals surface area contributed by atoms with Gasteiger partial charge in [-0.25, -0.2) is 4.39 Å². The monoisotopic (exact) mass is 562 g/mol. The molecule has 0 spiro atoms. The lowest BCUT2D eigenvalue weighted by Crippen LogP contribution is -2.21. The molecule has 212 valence electrons. The summed E-state index contributed by atoms with van der Waals surface area (Å²) >= 11 is 0. The second-order valence-electron chi connectivity index (χ2n) is 9.09. The first kappa shape index (κ1) is 28.5. The number of anilines is 1. The Labute approximate surface area is 226 Å². The molecular weight excluding hydrogens is 536 g/mol. The number of ether oxygens (including phenoxy) is 4. The van der Waals surface area contributed by atoms with E-state index < -0.39 is 30.2 Å². The minimum atomic E-state index is -4.62. The van der Waals surface area contributed by atoms with Crippen LogP contribution in [0.25, 0.3) is 10.9 Å². The Bertz CT molecular complexity index is 1520. The molecule has 0 bridgehead atoms. The summed E-state index contributed by atoms with van der Waals surface area (Å²) in [5.74, 6) is -0.642. The molecular formula is C27H26F4N4O5. The van der Waals surface area contributed by atoms with Crippen LogP contribution < -0.4 is 24.3 Å². The molecule has 0 unspecified atom stereocenters. The van der Waals surface area contributed by atoms with Crippen LogP contribution in [0.3, 0.4) is 0 Å². The quantitative estimate of drug-likeness (QED) is 0.229. The van der Waals surface area contributed by atoms with Gasteiger partial charge in [-0.2, -0.15) is 18.3 Å². The van der Waals surface area contributed by atoms with Crippen LogP contribution in [0, 0.1) is 11.7 Å². The average Bonchev–Trinajstić information content (AvgIpc) is 3.30. The van der Waals surface area contributed by atoms with Crippen molar-refractivity contribution in [2.75, 3.05) is 26.1 Å². The highest BCUT2D eigenvalue weighted by molar-refractivity contribution is 6.04. The number of methoxy groups -OCH3 is 2. The number of nitrogens with one attached hydrogen (secondary N) is 1. The Kier molecular flexibility index (Phi) is 8.31. The van der Waals surface area contributed by atoms with E-state index in [-0.39, 0.29) is 23.1 Å². The third kappa shape index (κ3) is 6.71. The Balaban J connectivity index is 1.55. The normalized spacial score (nSPS) is 11.5. The number of hydrogen-bond acceptors (Lipinski definition) is 7. The number of carbonyl (C=O) groups excluding carboxylic acids is 1. The molecule has 0 aliphatic carbocycles. The van der Waals surface area contributed by atoms with E-state index in [2.05, 4.69) is 15.4 Å². The first-order valence-electron chi connectivity index (χ1n) is 12.0. The van der Waals surface area contributed by atoms with Crippen molar-refractivity contribution in [3.63, 3.8) is 0 Å². The van der Waals surface area contributed by atoms with Crippen molar-refractivity contribution in [3.05, 3.63) is 60.3 Å². The van der Waals surface area contributed by atoms with Gasteiger partial charge in [0.15, 0.2) is 29.5 Å². The molecule has 0 aliphatic rings. The molecule has 0 saturated heterocycles. The predicted molar refractivity (Wildman–Crippen MR) is 138 cm³/mol. The van der Waals surface area contributed by atoms with Crippen LogP contribution in [0.5, 0.6) is 28.7 Å². The maximum atomic E-state index is 15.0. The Hall–Kier alpha value is -4.55. The van der Waals surface area contributed by atoms with E-state index in [0.717, 1.165) is 6.07 Å². The van der Waals surface area contributed by atoms with Gasteiger partial charge in [0.05, 0.1) is 31.6 Å². The SMILES string of the molecule is COc1cc2nccc(Oc3ccc(NC(=O)c4nn(CC(C)C)cc4OCC(F)(F)F)c(F)c3)c2cc1OC. The van der Waals surface area contributed by atoms with Gasteiger partial charge in [-0.15, -0.1) is 0 Å². The summed E-state index contributed by atoms with van der Waals surface area (Å²) in [5, 5.41) is 6.96. The van der Waals surface area contributed by atoms with E-state index in [1.807, 2.05) is 13.8 Å². The van der Waals surface area contributed by atoms with Crippen LogP contribution in [0.4, 0.5) is 23.2 Å². The summed E-state index contributed by atoms with van der Waals surface area (Å²) in [5.41, 5.74) is -0.0827. The van der Waals surface area contributed by atoms with Crippen molar-refractivity contribution in [1.29, 1.82) is 0 Å². The molecule has 0 atom stereocenters. The van der Waals surface area contributed by atoms with Gasteiger partial charge in [0, 0.05) is 30.3 Å². The number of benzene rings is 2. The van der Waals surface area contributed by atoms with Crippen molar-refractivity contribution in [1.82, 2.24) is 14.8 Å². The van der Waals surface area contributed by atoms with Gasteiger partial charge in [-0.3, -0.25) is 14.5 Å². The van der Waals surface area contributed by atoms with E-state index >= 15 is 0 Å². The smallest absolute Gasteiger partial charge is 0.422 e. The summed E-state index contributed by atoms with van der Waals surface area (Å²) in [7, 11) is 2.99. The van der Waals surface area contributed by atoms with Gasteiger partial charge >= 0.3 is 6.18 Å². The highest BCUT2D eigenvalue weighted by atomic mass is 19.4. The van der Waals surface area contributed by atoms with Gasteiger partial charge < -0.3 is 24.3 Å². The number of carbonyl (C=O) groups is 1. The summed E-state index contributed by atoms with van der Waals surface area (Å²) in [4.78, 5) is 17.2. The Morgan fingerprint density at radius 2 is 1.75 bits per heavy atom. The van der Waals surface area contributed by atoms with E-state index in [1.54, 1.807) is 18.2 Å². The third-order valence-electron chi connectivity index (χ3n) is 5.51. The fraction of sp³-hybridized carbons (Fsp3) is 0.296. The lowest BCUT2D eigenvalue weighted by atomic mass is 10.2. The maximum Gasteiger partial charge on any atom is 0.422 e. The van der Waals surface area contributed by atoms with Gasteiger partial charge in [0.2, 0.25) is 0 Å². The summed E-state index contributed by atoms with van der Waals surface area (Å²) in [6, 6.07) is 8.69. The number of amides is 1. The lowest BCUT2D eigenvalue weighted by molar-refractivity contribution is -0.153. The largest absolute Gasteiger partial charge is 0.493 e. The number of nitrogens with zero attached hydrogens (tertiary/aromatic N) is 3. The number of fused-ring (bicyclic) bond motifs is 1. The second kappa shape index (κ2) is 11.7. The molecule has 2 aromatic heterocycles. The van der Waals surface area contributed by atoms with E-state index in [4.69, 9.17) is 18.9 Å². The number of aromatic nitrogens is 3. The van der Waals surface area contributed by atoms with Gasteiger partial charge in [0.25, 0.3) is 5.91 Å². The predicted octanol–water partition coefficient (Wildman–Crippen LogP) is 6.23. The van der Waals surface area contributed by atoms with Crippen LogP contribution in [0.2, 0.25) is 0 Å². The van der Waals surface area contributed by atoms with Crippen LogP contribution in [0.15, 0.2) is 48.8 Å². The van der Waals surface area contributed by atoms with E-state index in [0.29, 0.717) is 34.7 Å². The highest BCUT2D eigenvalue weighted by Gasteiger charge is 2.30. The van der Waals surface area contributed by atoms with Gasteiger partial charge in [-0.05, 0) is 30.2 Å². The average molecular weight is 563 g/mol. The van der Waals surface area contributed by atoms with E-state index in [9.17, 15) is 22.4 Å². The number of rotatable bonds is 10. The zero-order chi connectivity index (χ0) is 29.0. The summed E-state index contributed by atoms with van der Waals surface area (Å²) < 4.78 is 75.8. The number of alkyl halides is 3. The molecule has 2 heterocycles.